The molecule has 3 rings (SSSR count). The molecule has 0 spiro atoms. The number of sulfonamides is 1. The number of amides is 2. The molecular formula is C29H34FN3O5S. The summed E-state index contributed by atoms with van der Waals surface area (Å²) < 4.78 is 48.3. The van der Waals surface area contributed by atoms with E-state index in [0.717, 1.165) is 9.87 Å². The van der Waals surface area contributed by atoms with E-state index in [1.54, 1.807) is 30.3 Å². The Kier molecular flexibility index (Phi) is 10.1. The summed E-state index contributed by atoms with van der Waals surface area (Å²) in [6, 6.07) is 17.5. The number of methoxy groups -OCH3 is 1. The number of ether oxygens (including phenoxy) is 1. The van der Waals surface area contributed by atoms with E-state index in [9.17, 15) is 22.4 Å². The smallest absolute Gasteiger partial charge is 0.264 e. The number of carbonyl (C=O) groups excluding carboxylic acids is 2. The van der Waals surface area contributed by atoms with Crippen molar-refractivity contribution in [3.05, 3.63) is 89.7 Å². The highest BCUT2D eigenvalue weighted by Crippen LogP contribution is 2.26. The van der Waals surface area contributed by atoms with Crippen LogP contribution in [0.25, 0.3) is 0 Å². The minimum Gasteiger partial charge on any atom is -0.497 e. The Morgan fingerprint density at radius 3 is 2.23 bits per heavy atom. The molecule has 0 saturated carbocycles. The van der Waals surface area contributed by atoms with Gasteiger partial charge in [0, 0.05) is 18.7 Å². The number of nitrogens with one attached hydrogen (secondary N) is 1. The van der Waals surface area contributed by atoms with Crippen LogP contribution in [0.3, 0.4) is 0 Å². The topological polar surface area (TPSA) is 96.0 Å². The average Bonchev–Trinajstić information content (AvgIpc) is 2.94. The Bertz CT molecular complexity index is 1380. The molecule has 0 aromatic heterocycles. The van der Waals surface area contributed by atoms with Gasteiger partial charge < -0.3 is 15.0 Å². The highest BCUT2D eigenvalue weighted by Gasteiger charge is 2.32. The van der Waals surface area contributed by atoms with Crippen molar-refractivity contribution in [1.29, 1.82) is 0 Å². The van der Waals surface area contributed by atoms with E-state index in [1.807, 2.05) is 13.8 Å². The first kappa shape index (κ1) is 29.6. The van der Waals surface area contributed by atoms with Crippen LogP contribution in [0.1, 0.15) is 31.4 Å². The van der Waals surface area contributed by atoms with Crippen LogP contribution >= 0.6 is 0 Å². The van der Waals surface area contributed by atoms with Crippen LogP contribution in [0, 0.1) is 12.7 Å². The summed E-state index contributed by atoms with van der Waals surface area (Å²) in [5.74, 6) is -1.12. The fourth-order valence-corrected chi connectivity index (χ4v) is 5.32. The summed E-state index contributed by atoms with van der Waals surface area (Å²) in [6.07, 6.45) is 0.695. The van der Waals surface area contributed by atoms with Crippen molar-refractivity contribution in [2.24, 2.45) is 0 Å². The lowest BCUT2D eigenvalue weighted by molar-refractivity contribution is -0.139. The summed E-state index contributed by atoms with van der Waals surface area (Å²) in [4.78, 5) is 27.8. The molecule has 3 aromatic rings. The number of benzene rings is 3. The molecular weight excluding hydrogens is 521 g/mol. The Hall–Kier alpha value is -3.92. The van der Waals surface area contributed by atoms with Gasteiger partial charge >= 0.3 is 0 Å². The van der Waals surface area contributed by atoms with Gasteiger partial charge in [0.2, 0.25) is 11.8 Å². The van der Waals surface area contributed by atoms with Gasteiger partial charge in [-0.2, -0.15) is 0 Å². The zero-order valence-electron chi connectivity index (χ0n) is 22.6. The minimum absolute atomic E-state index is 0.0360. The largest absolute Gasteiger partial charge is 0.497 e. The number of hydrogen-bond acceptors (Lipinski definition) is 5. The Morgan fingerprint density at radius 2 is 1.64 bits per heavy atom. The second-order valence-corrected chi connectivity index (χ2v) is 11.0. The maximum Gasteiger partial charge on any atom is 0.264 e. The quantitative estimate of drug-likeness (QED) is 0.360. The predicted molar refractivity (Wildman–Crippen MR) is 148 cm³/mol. The van der Waals surface area contributed by atoms with Gasteiger partial charge in [0.25, 0.3) is 10.0 Å². The van der Waals surface area contributed by atoms with E-state index < -0.39 is 40.2 Å². The second-order valence-electron chi connectivity index (χ2n) is 9.10. The second kappa shape index (κ2) is 13.2. The van der Waals surface area contributed by atoms with Crippen molar-refractivity contribution < 1.29 is 27.1 Å². The van der Waals surface area contributed by atoms with Crippen molar-refractivity contribution in [2.75, 3.05) is 24.5 Å². The van der Waals surface area contributed by atoms with Gasteiger partial charge in [-0.05, 0) is 62.7 Å². The lowest BCUT2D eigenvalue weighted by Crippen LogP contribution is -2.51. The van der Waals surface area contributed by atoms with E-state index in [0.29, 0.717) is 18.7 Å². The lowest BCUT2D eigenvalue weighted by Gasteiger charge is -2.32. The van der Waals surface area contributed by atoms with Gasteiger partial charge in [-0.1, -0.05) is 42.8 Å². The van der Waals surface area contributed by atoms with Crippen LogP contribution in [0.2, 0.25) is 0 Å². The zero-order chi connectivity index (χ0) is 28.6. The molecule has 2 amide bonds. The number of anilines is 1. The molecule has 0 bridgehead atoms. The third-order valence-electron chi connectivity index (χ3n) is 6.26. The summed E-state index contributed by atoms with van der Waals surface area (Å²) in [5.41, 5.74) is 1.40. The molecule has 3 aromatic carbocycles. The van der Waals surface area contributed by atoms with Gasteiger partial charge in [0.15, 0.2) is 0 Å². The number of rotatable bonds is 12. The van der Waals surface area contributed by atoms with Crippen molar-refractivity contribution in [3.63, 3.8) is 0 Å². The van der Waals surface area contributed by atoms with Gasteiger partial charge in [0.1, 0.15) is 24.2 Å². The SMILES string of the molecule is CCCNC(=O)[C@H](C)N(Cc1ccccc1F)C(=O)CN(c1ccc(C)cc1)S(=O)(=O)c1ccc(OC)cc1. The number of hydrogen-bond donors (Lipinski definition) is 1. The Morgan fingerprint density at radius 1 is 1.00 bits per heavy atom. The molecule has 0 heterocycles. The molecule has 10 heteroatoms. The van der Waals surface area contributed by atoms with Gasteiger partial charge in [-0.15, -0.1) is 0 Å². The number of aryl methyl sites for hydroxylation is 1. The first-order valence-corrected chi connectivity index (χ1v) is 14.1. The van der Waals surface area contributed by atoms with Crippen LogP contribution in [0.15, 0.2) is 77.7 Å². The van der Waals surface area contributed by atoms with Crippen LogP contribution in [0.5, 0.6) is 5.75 Å². The van der Waals surface area contributed by atoms with Crippen molar-refractivity contribution in [2.45, 2.75) is 44.7 Å². The van der Waals surface area contributed by atoms with Crippen molar-refractivity contribution in [1.82, 2.24) is 10.2 Å². The van der Waals surface area contributed by atoms with Crippen molar-refractivity contribution >= 4 is 27.5 Å². The maximum atomic E-state index is 14.6. The molecule has 0 aliphatic carbocycles. The summed E-state index contributed by atoms with van der Waals surface area (Å²) >= 11 is 0. The van der Waals surface area contributed by atoms with Crippen LogP contribution in [-0.2, 0) is 26.2 Å². The molecule has 0 aliphatic rings. The fraction of sp³-hybridized carbons (Fsp3) is 0.310. The van der Waals surface area contributed by atoms with Gasteiger partial charge in [-0.25, -0.2) is 12.8 Å². The molecule has 208 valence electrons. The minimum atomic E-state index is -4.21. The van der Waals surface area contributed by atoms with Crippen LogP contribution < -0.4 is 14.4 Å². The first-order valence-electron chi connectivity index (χ1n) is 12.6. The molecule has 39 heavy (non-hydrogen) atoms. The third kappa shape index (κ3) is 7.35. The van der Waals surface area contributed by atoms with Crippen molar-refractivity contribution in [3.8, 4) is 5.75 Å². The van der Waals surface area contributed by atoms with E-state index in [-0.39, 0.29) is 22.7 Å². The lowest BCUT2D eigenvalue weighted by atomic mass is 10.1. The maximum absolute atomic E-state index is 14.6. The summed E-state index contributed by atoms with van der Waals surface area (Å²) in [7, 11) is -2.73. The molecule has 0 radical (unpaired) electrons. The van der Waals surface area contributed by atoms with E-state index in [1.165, 1.54) is 61.4 Å². The number of halogens is 1. The summed E-state index contributed by atoms with van der Waals surface area (Å²) in [6.45, 7) is 4.90. The molecule has 0 aliphatic heterocycles. The van der Waals surface area contributed by atoms with Gasteiger partial charge in [0.05, 0.1) is 17.7 Å². The average molecular weight is 556 g/mol. The van der Waals surface area contributed by atoms with E-state index >= 15 is 0 Å². The highest BCUT2D eigenvalue weighted by atomic mass is 32.2. The summed E-state index contributed by atoms with van der Waals surface area (Å²) in [5, 5.41) is 2.76. The fourth-order valence-electron chi connectivity index (χ4n) is 3.90. The predicted octanol–water partition coefficient (Wildman–Crippen LogP) is 4.28. The molecule has 0 unspecified atom stereocenters. The van der Waals surface area contributed by atoms with Crippen LogP contribution in [0.4, 0.5) is 10.1 Å². The zero-order valence-corrected chi connectivity index (χ0v) is 23.4. The molecule has 1 N–H and O–H groups in total. The Labute approximate surface area is 229 Å². The normalized spacial score (nSPS) is 11.9. The van der Waals surface area contributed by atoms with E-state index in [2.05, 4.69) is 5.32 Å². The Balaban J connectivity index is 2.02. The molecule has 0 saturated heterocycles. The van der Waals surface area contributed by atoms with Crippen LogP contribution in [-0.4, -0.2) is 51.4 Å². The molecule has 8 nitrogen and oxygen atoms in total. The molecule has 1 atom stereocenters. The standard InChI is InChI=1S/C29H34FN3O5S/c1-5-18-31-29(35)22(3)32(19-23-8-6-7-9-27(23)30)28(34)20-33(24-12-10-21(2)11-13-24)39(36,37)26-16-14-25(38-4)15-17-26/h6-17,22H,5,18-20H2,1-4H3,(H,31,35)/t22-/m0/s1. The monoisotopic (exact) mass is 555 g/mol. The van der Waals surface area contributed by atoms with Gasteiger partial charge in [-0.3, -0.25) is 13.9 Å². The third-order valence-corrected chi connectivity index (χ3v) is 8.05. The van der Waals surface area contributed by atoms with E-state index in [4.69, 9.17) is 4.74 Å². The highest BCUT2D eigenvalue weighted by molar-refractivity contribution is 7.92. The molecule has 0 fully saturated rings. The number of nitrogens with zero attached hydrogens (tertiary/aromatic N) is 2. The first-order chi connectivity index (χ1) is 18.6. The number of carbonyl (C=O) groups is 2.